The molecule has 1 N–H and O–H groups in total. The highest BCUT2D eigenvalue weighted by Crippen LogP contribution is 2.12. The molecule has 0 unspecified atom stereocenters. The van der Waals surface area contributed by atoms with Crippen molar-refractivity contribution in [1.82, 2.24) is 5.32 Å². The van der Waals surface area contributed by atoms with Crippen molar-refractivity contribution in [2.45, 2.75) is 31.8 Å². The Morgan fingerprint density at radius 3 is 2.19 bits per heavy atom. The van der Waals surface area contributed by atoms with Crippen molar-refractivity contribution in [3.05, 3.63) is 64.7 Å². The van der Waals surface area contributed by atoms with Gasteiger partial charge in [0.15, 0.2) is 9.84 Å². The lowest BCUT2D eigenvalue weighted by molar-refractivity contribution is 0.602. The van der Waals surface area contributed by atoms with Crippen molar-refractivity contribution in [3.8, 4) is 0 Å². The summed E-state index contributed by atoms with van der Waals surface area (Å²) in [7, 11) is -3.11. The number of nitrogens with one attached hydrogen (secondary N) is 1. The van der Waals surface area contributed by atoms with E-state index in [0.29, 0.717) is 4.90 Å². The fraction of sp³-hybridized carbons (Fsp3) is 0.294. The number of rotatable bonds is 5. The zero-order valence-electron chi connectivity index (χ0n) is 12.7. The summed E-state index contributed by atoms with van der Waals surface area (Å²) in [5, 5.41) is 3.39. The summed E-state index contributed by atoms with van der Waals surface area (Å²) >= 11 is 0. The number of sulfone groups is 1. The van der Waals surface area contributed by atoms with Gasteiger partial charge in [-0.25, -0.2) is 8.42 Å². The van der Waals surface area contributed by atoms with Crippen LogP contribution in [0.15, 0.2) is 47.4 Å². The van der Waals surface area contributed by atoms with Crippen molar-refractivity contribution in [3.63, 3.8) is 0 Å². The maximum atomic E-state index is 11.4. The van der Waals surface area contributed by atoms with E-state index >= 15 is 0 Å². The number of hydrogen-bond donors (Lipinski definition) is 1. The fourth-order valence-electron chi connectivity index (χ4n) is 2.24. The van der Waals surface area contributed by atoms with Gasteiger partial charge in [0.2, 0.25) is 0 Å². The molecule has 2 aromatic carbocycles. The van der Waals surface area contributed by atoms with Crippen molar-refractivity contribution >= 4 is 9.84 Å². The molecule has 0 aliphatic heterocycles. The molecule has 0 bridgehead atoms. The molecule has 21 heavy (non-hydrogen) atoms. The average molecular weight is 303 g/mol. The van der Waals surface area contributed by atoms with Crippen LogP contribution in [0.4, 0.5) is 0 Å². The Bertz CT molecular complexity index is 719. The standard InChI is InChI=1S/C17H21NO2S/c1-13-4-7-16(14(2)10-13)12-18-11-15-5-8-17(9-6-15)21(3,19)20/h4-10,18H,11-12H2,1-3H3. The molecule has 2 rings (SSSR count). The minimum absolute atomic E-state index is 0.362. The van der Waals surface area contributed by atoms with Crippen LogP contribution >= 0.6 is 0 Å². The van der Waals surface area contributed by atoms with Gasteiger partial charge in [-0.1, -0.05) is 35.9 Å². The van der Waals surface area contributed by atoms with E-state index in [-0.39, 0.29) is 0 Å². The molecule has 2 aromatic rings. The summed E-state index contributed by atoms with van der Waals surface area (Å²) in [5.41, 5.74) is 4.92. The number of benzene rings is 2. The van der Waals surface area contributed by atoms with Crippen LogP contribution in [0.3, 0.4) is 0 Å². The average Bonchev–Trinajstić information content (AvgIpc) is 2.41. The van der Waals surface area contributed by atoms with Crippen LogP contribution in [0.5, 0.6) is 0 Å². The van der Waals surface area contributed by atoms with E-state index < -0.39 is 9.84 Å². The summed E-state index contributed by atoms with van der Waals surface area (Å²) in [6.45, 7) is 5.73. The van der Waals surface area contributed by atoms with E-state index in [2.05, 4.69) is 37.4 Å². The third kappa shape index (κ3) is 4.41. The van der Waals surface area contributed by atoms with Crippen LogP contribution in [0.25, 0.3) is 0 Å². The smallest absolute Gasteiger partial charge is 0.175 e. The maximum absolute atomic E-state index is 11.4. The van der Waals surface area contributed by atoms with Crippen molar-refractivity contribution in [1.29, 1.82) is 0 Å². The Balaban J connectivity index is 1.94. The lowest BCUT2D eigenvalue weighted by Gasteiger charge is -2.09. The molecule has 0 aliphatic carbocycles. The van der Waals surface area contributed by atoms with Gasteiger partial charge in [-0.3, -0.25) is 0 Å². The van der Waals surface area contributed by atoms with Crippen LogP contribution in [0.1, 0.15) is 22.3 Å². The van der Waals surface area contributed by atoms with Gasteiger partial charge in [0, 0.05) is 19.3 Å². The number of aryl methyl sites for hydroxylation is 2. The summed E-state index contributed by atoms with van der Waals surface area (Å²) in [5.74, 6) is 0. The Morgan fingerprint density at radius 2 is 1.62 bits per heavy atom. The molecule has 0 heterocycles. The molecule has 0 amide bonds. The Labute approximate surface area is 126 Å². The second-order valence-corrected chi connectivity index (χ2v) is 7.47. The second-order valence-electron chi connectivity index (χ2n) is 5.45. The number of hydrogen-bond acceptors (Lipinski definition) is 3. The molecule has 0 saturated heterocycles. The zero-order chi connectivity index (χ0) is 15.5. The van der Waals surface area contributed by atoms with Crippen LogP contribution in [-0.2, 0) is 22.9 Å². The molecule has 0 radical (unpaired) electrons. The SMILES string of the molecule is Cc1ccc(CNCc2ccc(S(C)(=O)=O)cc2)c(C)c1. The summed E-state index contributed by atoms with van der Waals surface area (Å²) in [4.78, 5) is 0.362. The van der Waals surface area contributed by atoms with Gasteiger partial charge in [0.25, 0.3) is 0 Å². The molecule has 0 fully saturated rings. The van der Waals surface area contributed by atoms with Crippen molar-refractivity contribution in [2.75, 3.05) is 6.26 Å². The Morgan fingerprint density at radius 1 is 0.952 bits per heavy atom. The van der Waals surface area contributed by atoms with E-state index in [1.54, 1.807) is 12.1 Å². The molecule has 4 heteroatoms. The highest BCUT2D eigenvalue weighted by Gasteiger charge is 2.06. The lowest BCUT2D eigenvalue weighted by atomic mass is 10.1. The van der Waals surface area contributed by atoms with Crippen LogP contribution < -0.4 is 5.32 Å². The molecule has 0 saturated carbocycles. The van der Waals surface area contributed by atoms with E-state index in [9.17, 15) is 8.42 Å². The highest BCUT2D eigenvalue weighted by molar-refractivity contribution is 7.90. The Kier molecular flexibility index (Phi) is 4.80. The zero-order valence-corrected chi connectivity index (χ0v) is 13.5. The van der Waals surface area contributed by atoms with E-state index in [1.165, 1.54) is 22.9 Å². The maximum Gasteiger partial charge on any atom is 0.175 e. The van der Waals surface area contributed by atoms with Gasteiger partial charge in [0.1, 0.15) is 0 Å². The van der Waals surface area contributed by atoms with Gasteiger partial charge in [0.05, 0.1) is 4.90 Å². The topological polar surface area (TPSA) is 46.2 Å². The molecular formula is C17H21NO2S. The molecule has 0 spiro atoms. The predicted molar refractivity (Wildman–Crippen MR) is 86.0 cm³/mol. The second kappa shape index (κ2) is 6.41. The highest BCUT2D eigenvalue weighted by atomic mass is 32.2. The van der Waals surface area contributed by atoms with E-state index in [1.807, 2.05) is 12.1 Å². The molecule has 112 valence electrons. The van der Waals surface area contributed by atoms with E-state index in [4.69, 9.17) is 0 Å². The summed E-state index contributed by atoms with van der Waals surface area (Å²) in [6, 6.07) is 13.5. The largest absolute Gasteiger partial charge is 0.309 e. The van der Waals surface area contributed by atoms with Gasteiger partial charge in [-0.2, -0.15) is 0 Å². The normalized spacial score (nSPS) is 11.6. The van der Waals surface area contributed by atoms with Crippen LogP contribution in [0, 0.1) is 13.8 Å². The van der Waals surface area contributed by atoms with Gasteiger partial charge >= 0.3 is 0 Å². The minimum atomic E-state index is -3.11. The van der Waals surface area contributed by atoms with Gasteiger partial charge in [-0.05, 0) is 42.7 Å². The van der Waals surface area contributed by atoms with Gasteiger partial charge < -0.3 is 5.32 Å². The van der Waals surface area contributed by atoms with Crippen LogP contribution in [-0.4, -0.2) is 14.7 Å². The summed E-state index contributed by atoms with van der Waals surface area (Å²) < 4.78 is 22.8. The molecule has 0 aliphatic rings. The minimum Gasteiger partial charge on any atom is -0.309 e. The quantitative estimate of drug-likeness (QED) is 0.923. The first-order valence-electron chi connectivity index (χ1n) is 6.92. The lowest BCUT2D eigenvalue weighted by Crippen LogP contribution is -2.13. The molecule has 3 nitrogen and oxygen atoms in total. The first-order chi connectivity index (χ1) is 9.86. The predicted octanol–water partition coefficient (Wildman–Crippen LogP) is 3.00. The Hall–Kier alpha value is -1.65. The summed E-state index contributed by atoms with van der Waals surface area (Å²) in [6.07, 6.45) is 1.22. The first kappa shape index (κ1) is 15.7. The monoisotopic (exact) mass is 303 g/mol. The van der Waals surface area contributed by atoms with Gasteiger partial charge in [-0.15, -0.1) is 0 Å². The van der Waals surface area contributed by atoms with E-state index in [0.717, 1.165) is 18.7 Å². The van der Waals surface area contributed by atoms with Crippen molar-refractivity contribution in [2.24, 2.45) is 0 Å². The fourth-order valence-corrected chi connectivity index (χ4v) is 2.87. The third-order valence-corrected chi connectivity index (χ3v) is 4.62. The molecule has 0 aromatic heterocycles. The molecule has 0 atom stereocenters. The first-order valence-corrected chi connectivity index (χ1v) is 8.81. The third-order valence-electron chi connectivity index (χ3n) is 3.49. The molecular weight excluding hydrogens is 282 g/mol. The van der Waals surface area contributed by atoms with Crippen LogP contribution in [0.2, 0.25) is 0 Å². The van der Waals surface area contributed by atoms with Crippen molar-refractivity contribution < 1.29 is 8.42 Å².